The van der Waals surface area contributed by atoms with Crippen LogP contribution < -0.4 is 21.3 Å². The lowest BCUT2D eigenvalue weighted by Gasteiger charge is -2.18. The molecule has 0 fully saturated rings. The van der Waals surface area contributed by atoms with E-state index in [1.165, 1.54) is 0 Å². The molecule has 0 heterocycles. The van der Waals surface area contributed by atoms with Gasteiger partial charge in [-0.15, -0.1) is 0 Å². The van der Waals surface area contributed by atoms with Gasteiger partial charge in [-0.05, 0) is 35.1 Å². The second-order valence-electron chi connectivity index (χ2n) is 7.88. The van der Waals surface area contributed by atoms with Crippen molar-refractivity contribution in [2.75, 3.05) is 6.54 Å². The number of thiocarbonyl (C=S) groups is 1. The van der Waals surface area contributed by atoms with E-state index in [1.54, 1.807) is 12.2 Å². The summed E-state index contributed by atoms with van der Waals surface area (Å²) >= 11 is 5.20. The van der Waals surface area contributed by atoms with E-state index in [-0.39, 0.29) is 30.0 Å². The smallest absolute Gasteiger partial charge is 0.309 e. The molecule has 2 rings (SSSR count). The molecule has 1 unspecified atom stereocenters. The lowest BCUT2D eigenvalue weighted by Crippen LogP contribution is -2.45. The van der Waals surface area contributed by atoms with E-state index < -0.39 is 11.8 Å². The fraction of sp³-hybridized carbons (Fsp3) is 0.259. The Morgan fingerprint density at radius 2 is 1.29 bits per heavy atom. The summed E-state index contributed by atoms with van der Waals surface area (Å²) < 4.78 is 0. The zero-order valence-electron chi connectivity index (χ0n) is 19.9. The quantitative estimate of drug-likeness (QED) is 0.285. The number of carbonyl (C=O) groups excluding carboxylic acids is 3. The van der Waals surface area contributed by atoms with Gasteiger partial charge in [0.05, 0.1) is 0 Å². The van der Waals surface area contributed by atoms with Crippen LogP contribution in [0.25, 0.3) is 12.2 Å². The Bertz CT molecular complexity index is 1050. The molecule has 0 aliphatic heterocycles. The van der Waals surface area contributed by atoms with Crippen LogP contribution >= 0.6 is 12.2 Å². The molecule has 3 amide bonds. The predicted octanol–water partition coefficient (Wildman–Crippen LogP) is 3.11. The number of benzene rings is 2. The normalized spacial score (nSPS) is 11.0. The van der Waals surface area contributed by atoms with Gasteiger partial charge < -0.3 is 21.3 Å². The lowest BCUT2D eigenvalue weighted by molar-refractivity contribution is -0.139. The van der Waals surface area contributed by atoms with Crippen LogP contribution in [-0.4, -0.2) is 35.3 Å². The molecule has 0 aliphatic rings. The summed E-state index contributed by atoms with van der Waals surface area (Å²) in [5, 5.41) is 11.0. The van der Waals surface area contributed by atoms with Gasteiger partial charge in [0.15, 0.2) is 4.99 Å². The van der Waals surface area contributed by atoms with Crippen molar-refractivity contribution in [2.24, 2.45) is 0 Å². The summed E-state index contributed by atoms with van der Waals surface area (Å²) in [5.74, 6) is -1.80. The fourth-order valence-corrected chi connectivity index (χ4v) is 3.27. The van der Waals surface area contributed by atoms with Crippen LogP contribution in [0.4, 0.5) is 0 Å². The van der Waals surface area contributed by atoms with Crippen molar-refractivity contribution in [3.8, 4) is 0 Å². The van der Waals surface area contributed by atoms with Crippen molar-refractivity contribution < 1.29 is 14.4 Å². The molecule has 0 aliphatic carbocycles. The van der Waals surface area contributed by atoms with Gasteiger partial charge in [0, 0.05) is 25.7 Å². The van der Waals surface area contributed by atoms with Crippen LogP contribution in [0.15, 0.2) is 61.7 Å². The Morgan fingerprint density at radius 1 is 0.800 bits per heavy atom. The van der Waals surface area contributed by atoms with Crippen LogP contribution in [0.1, 0.15) is 42.0 Å². The number of nitrogens with one attached hydrogen (secondary N) is 4. The lowest BCUT2D eigenvalue weighted by atomic mass is 10.1. The third kappa shape index (κ3) is 9.54. The summed E-state index contributed by atoms with van der Waals surface area (Å²) in [5.41, 5.74) is 3.87. The maximum Gasteiger partial charge on any atom is 0.309 e. The molecule has 8 heteroatoms. The van der Waals surface area contributed by atoms with Crippen LogP contribution in [0, 0.1) is 0 Å². The van der Waals surface area contributed by atoms with Crippen LogP contribution in [0.2, 0.25) is 0 Å². The van der Waals surface area contributed by atoms with Gasteiger partial charge in [0.1, 0.15) is 0 Å². The van der Waals surface area contributed by atoms with Crippen LogP contribution in [0.3, 0.4) is 0 Å². The van der Waals surface area contributed by atoms with Crippen molar-refractivity contribution in [1.29, 1.82) is 0 Å². The summed E-state index contributed by atoms with van der Waals surface area (Å²) in [6, 6.07) is 15.1. The van der Waals surface area contributed by atoms with E-state index in [4.69, 9.17) is 12.2 Å². The Morgan fingerprint density at radius 3 is 1.77 bits per heavy atom. The molecule has 35 heavy (non-hydrogen) atoms. The number of hydrogen-bond donors (Lipinski definition) is 4. The number of hydrogen-bond acceptors (Lipinski definition) is 4. The van der Waals surface area contributed by atoms with Gasteiger partial charge >= 0.3 is 11.8 Å². The molecule has 2 aromatic rings. The van der Waals surface area contributed by atoms with E-state index in [9.17, 15) is 14.4 Å². The van der Waals surface area contributed by atoms with Crippen molar-refractivity contribution in [2.45, 2.75) is 38.9 Å². The molecule has 1 atom stereocenters. The zero-order chi connectivity index (χ0) is 25.6. The molecule has 0 spiro atoms. The summed E-state index contributed by atoms with van der Waals surface area (Å²) in [6.45, 7) is 10.3. The average Bonchev–Trinajstić information content (AvgIpc) is 2.89. The van der Waals surface area contributed by atoms with Crippen molar-refractivity contribution in [1.82, 2.24) is 21.3 Å². The molecule has 7 nitrogen and oxygen atoms in total. The highest BCUT2D eigenvalue weighted by atomic mass is 32.1. The van der Waals surface area contributed by atoms with Gasteiger partial charge in [0.25, 0.3) is 5.91 Å². The minimum Gasteiger partial charge on any atom is -0.368 e. The Labute approximate surface area is 212 Å². The first kappa shape index (κ1) is 27.5. The van der Waals surface area contributed by atoms with E-state index in [0.717, 1.165) is 22.3 Å². The molecule has 0 saturated heterocycles. The molecule has 184 valence electrons. The van der Waals surface area contributed by atoms with E-state index in [2.05, 4.69) is 34.4 Å². The third-order valence-electron chi connectivity index (χ3n) is 5.36. The largest absolute Gasteiger partial charge is 0.368 e. The van der Waals surface area contributed by atoms with Crippen LogP contribution in [0.5, 0.6) is 0 Å². The maximum absolute atomic E-state index is 12.4. The minimum atomic E-state index is -0.714. The number of rotatable bonds is 11. The highest BCUT2D eigenvalue weighted by Gasteiger charge is 2.16. The van der Waals surface area contributed by atoms with Gasteiger partial charge in [-0.25, -0.2) is 0 Å². The topological polar surface area (TPSA) is 99.3 Å². The van der Waals surface area contributed by atoms with Gasteiger partial charge in [-0.2, -0.15) is 0 Å². The van der Waals surface area contributed by atoms with E-state index >= 15 is 0 Å². The zero-order valence-corrected chi connectivity index (χ0v) is 20.8. The highest BCUT2D eigenvalue weighted by molar-refractivity contribution is 7.82. The number of amides is 3. The van der Waals surface area contributed by atoms with E-state index in [0.29, 0.717) is 19.4 Å². The first-order chi connectivity index (χ1) is 16.9. The average molecular weight is 493 g/mol. The monoisotopic (exact) mass is 492 g/mol. The highest BCUT2D eigenvalue weighted by Crippen LogP contribution is 2.06. The molecule has 2 aromatic carbocycles. The second-order valence-corrected chi connectivity index (χ2v) is 8.29. The molecule has 0 aromatic heterocycles. The molecule has 0 bridgehead atoms. The summed E-state index contributed by atoms with van der Waals surface area (Å²) in [4.78, 5) is 36.6. The molecule has 4 N–H and O–H groups in total. The number of carbonyl (C=O) groups is 3. The van der Waals surface area contributed by atoms with E-state index in [1.807, 2.05) is 55.5 Å². The van der Waals surface area contributed by atoms with Crippen molar-refractivity contribution in [3.05, 3.63) is 83.9 Å². The van der Waals surface area contributed by atoms with Crippen molar-refractivity contribution in [3.63, 3.8) is 0 Å². The standard InChI is InChI=1S/C27H32N4O3S/c1-4-19-7-11-21(12-8-19)17-29-25(33)24(32)28-16-15-23(6-3)31-26(34)27(35)30-18-22-13-9-20(5-2)10-14-22/h4-5,7-14,23H,1-2,6,15-18H2,3H3,(H,28,32)(H,29,33)(H,30,35)(H,31,34). The first-order valence-corrected chi connectivity index (χ1v) is 11.8. The summed E-state index contributed by atoms with van der Waals surface area (Å²) in [6.07, 6.45) is 4.62. The maximum atomic E-state index is 12.4. The molecular weight excluding hydrogens is 460 g/mol. The SMILES string of the molecule is C=Cc1ccc(CNC(=O)C(=O)NCCC(CC)NC(=O)C(=S)NCc2ccc(C=C)cc2)cc1. The predicted molar refractivity (Wildman–Crippen MR) is 144 cm³/mol. The third-order valence-corrected chi connectivity index (χ3v) is 5.69. The second kappa shape index (κ2) is 14.5. The Balaban J connectivity index is 1.69. The molecule has 0 radical (unpaired) electrons. The van der Waals surface area contributed by atoms with Gasteiger partial charge in [0.2, 0.25) is 0 Å². The summed E-state index contributed by atoms with van der Waals surface area (Å²) in [7, 11) is 0. The Hall–Kier alpha value is -3.78. The first-order valence-electron chi connectivity index (χ1n) is 11.4. The van der Waals surface area contributed by atoms with Crippen molar-refractivity contribution >= 4 is 47.1 Å². The molecule has 0 saturated carbocycles. The van der Waals surface area contributed by atoms with Gasteiger partial charge in [-0.1, -0.05) is 93.0 Å². The Kier molecular flexibility index (Phi) is 11.4. The molecular formula is C27H32N4O3S. The van der Waals surface area contributed by atoms with Crippen LogP contribution in [-0.2, 0) is 27.5 Å². The van der Waals surface area contributed by atoms with Gasteiger partial charge in [-0.3, -0.25) is 14.4 Å². The fourth-order valence-electron chi connectivity index (χ4n) is 3.14. The minimum absolute atomic E-state index is 0.0979.